The van der Waals surface area contributed by atoms with Crippen LogP contribution < -0.4 is 28.5 Å². The maximum atomic E-state index is 11.1. The molecular formula is C9H11IN2O3. The van der Waals surface area contributed by atoms with E-state index >= 15 is 0 Å². The van der Waals surface area contributed by atoms with E-state index in [1.165, 1.54) is 13.3 Å². The number of halogens is 1. The summed E-state index contributed by atoms with van der Waals surface area (Å²) in [5.74, 6) is -0.418. The van der Waals surface area contributed by atoms with Crippen molar-refractivity contribution in [2.45, 2.75) is 0 Å². The third-order valence-corrected chi connectivity index (χ3v) is 1.80. The first-order valence-corrected chi connectivity index (χ1v) is 3.94. The minimum absolute atomic E-state index is 0. The fourth-order valence-electron chi connectivity index (χ4n) is 1.02. The molecule has 0 saturated carbocycles. The average molecular weight is 322 g/mol. The molecule has 1 aromatic heterocycles. The zero-order valence-electron chi connectivity index (χ0n) is 8.35. The van der Waals surface area contributed by atoms with Gasteiger partial charge in [-0.3, -0.25) is 0 Å². The predicted molar refractivity (Wildman–Crippen MR) is 48.3 cm³/mol. The van der Waals surface area contributed by atoms with E-state index in [0.29, 0.717) is 11.3 Å². The first kappa shape index (κ1) is 13.8. The van der Waals surface area contributed by atoms with Crippen LogP contribution in [0.15, 0.2) is 23.5 Å². The first-order valence-electron chi connectivity index (χ1n) is 3.94. The molecule has 0 aliphatic heterocycles. The molecule has 82 valence electrons. The second kappa shape index (κ2) is 6.33. The predicted octanol–water partition coefficient (Wildman–Crippen LogP) is -2.89. The number of methoxy groups -OCH3 is 1. The molecule has 15 heavy (non-hydrogen) atoms. The van der Waals surface area contributed by atoms with Gasteiger partial charge in [0.15, 0.2) is 6.20 Å². The van der Waals surface area contributed by atoms with Crippen LogP contribution in [0.5, 0.6) is 0 Å². The van der Waals surface area contributed by atoms with Gasteiger partial charge in [-0.1, -0.05) is 5.16 Å². The van der Waals surface area contributed by atoms with Crippen LogP contribution in [0, 0.1) is 0 Å². The molecule has 0 aliphatic carbocycles. The van der Waals surface area contributed by atoms with Crippen LogP contribution in [0.2, 0.25) is 0 Å². The number of carbonyl (C=O) groups excluding carboxylic acids is 1. The van der Waals surface area contributed by atoms with Gasteiger partial charge in [0.05, 0.1) is 12.7 Å². The van der Waals surface area contributed by atoms with Crippen molar-refractivity contribution in [1.82, 2.24) is 0 Å². The SMILES string of the molecule is COC(=O)c1cc[n+](C)c(/C=N/O)c1.[I-]. The number of ether oxygens (including phenoxy) is 1. The maximum Gasteiger partial charge on any atom is 0.338 e. The fraction of sp³-hybridized carbons (Fsp3) is 0.222. The molecule has 0 atom stereocenters. The van der Waals surface area contributed by atoms with Crippen LogP contribution in [-0.2, 0) is 11.8 Å². The van der Waals surface area contributed by atoms with Crippen LogP contribution in [0.3, 0.4) is 0 Å². The normalized spacial score (nSPS) is 9.73. The molecule has 0 spiro atoms. The lowest BCUT2D eigenvalue weighted by Gasteiger charge is -1.98. The Morgan fingerprint density at radius 2 is 2.33 bits per heavy atom. The average Bonchev–Trinajstić information content (AvgIpc) is 2.20. The highest BCUT2D eigenvalue weighted by molar-refractivity contribution is 5.90. The van der Waals surface area contributed by atoms with E-state index in [-0.39, 0.29) is 24.0 Å². The van der Waals surface area contributed by atoms with E-state index in [4.69, 9.17) is 5.21 Å². The van der Waals surface area contributed by atoms with Crippen molar-refractivity contribution in [3.63, 3.8) is 0 Å². The number of esters is 1. The number of oxime groups is 1. The molecule has 5 nitrogen and oxygen atoms in total. The Morgan fingerprint density at radius 1 is 1.67 bits per heavy atom. The smallest absolute Gasteiger partial charge is 0.338 e. The summed E-state index contributed by atoms with van der Waals surface area (Å²) in [5, 5.41) is 11.3. The molecule has 0 fully saturated rings. The van der Waals surface area contributed by atoms with Gasteiger partial charge < -0.3 is 33.9 Å². The van der Waals surface area contributed by atoms with Gasteiger partial charge >= 0.3 is 5.97 Å². The van der Waals surface area contributed by atoms with Crippen LogP contribution in [-0.4, -0.2) is 24.5 Å². The Bertz CT molecular complexity index is 380. The highest BCUT2D eigenvalue weighted by Crippen LogP contribution is 2.00. The third-order valence-electron chi connectivity index (χ3n) is 1.80. The number of nitrogens with zero attached hydrogens (tertiary/aromatic N) is 2. The van der Waals surface area contributed by atoms with Crippen LogP contribution in [0.4, 0.5) is 0 Å². The van der Waals surface area contributed by atoms with Crippen LogP contribution in [0.1, 0.15) is 16.1 Å². The Hall–Kier alpha value is -1.18. The Balaban J connectivity index is 0.00000196. The number of hydrogen-bond donors (Lipinski definition) is 1. The van der Waals surface area contributed by atoms with Crippen molar-refractivity contribution < 1.29 is 43.3 Å². The van der Waals surface area contributed by atoms with Gasteiger partial charge in [-0.2, -0.15) is 0 Å². The molecule has 0 saturated heterocycles. The van der Waals surface area contributed by atoms with Crippen molar-refractivity contribution in [3.8, 4) is 0 Å². The standard InChI is InChI=1S/C9H10N2O3.HI/c1-11-4-3-7(9(12)14-2)5-8(11)6-10-13;/h3-6H,1-2H3;1H. The third kappa shape index (κ3) is 3.46. The summed E-state index contributed by atoms with van der Waals surface area (Å²) < 4.78 is 6.27. The molecule has 1 heterocycles. The van der Waals surface area contributed by atoms with E-state index < -0.39 is 5.97 Å². The van der Waals surface area contributed by atoms with E-state index in [9.17, 15) is 4.79 Å². The molecule has 0 aliphatic rings. The minimum Gasteiger partial charge on any atom is -1.00 e. The van der Waals surface area contributed by atoms with Gasteiger partial charge in [-0.15, -0.1) is 0 Å². The number of pyridine rings is 1. The van der Waals surface area contributed by atoms with Crippen LogP contribution in [0.25, 0.3) is 0 Å². The largest absolute Gasteiger partial charge is 1.00 e. The summed E-state index contributed by atoms with van der Waals surface area (Å²) in [5.41, 5.74) is 1.02. The molecular weight excluding hydrogens is 311 g/mol. The Labute approximate surface area is 104 Å². The topological polar surface area (TPSA) is 62.8 Å². The molecule has 0 amide bonds. The number of aromatic nitrogens is 1. The number of hydrogen-bond acceptors (Lipinski definition) is 4. The minimum atomic E-state index is -0.418. The lowest BCUT2D eigenvalue weighted by atomic mass is 10.2. The van der Waals surface area contributed by atoms with Gasteiger partial charge in [0.25, 0.3) is 0 Å². The summed E-state index contributed by atoms with van der Waals surface area (Å²) in [6, 6.07) is 3.20. The quantitative estimate of drug-likeness (QED) is 0.159. The van der Waals surface area contributed by atoms with Crippen molar-refractivity contribution in [2.24, 2.45) is 12.2 Å². The lowest BCUT2D eigenvalue weighted by Crippen LogP contribution is -3.00. The van der Waals surface area contributed by atoms with E-state index in [1.807, 2.05) is 0 Å². The Kier molecular flexibility index (Phi) is 5.83. The summed E-state index contributed by atoms with van der Waals surface area (Å²) in [6.45, 7) is 0. The van der Waals surface area contributed by atoms with Gasteiger partial charge in [0, 0.05) is 12.1 Å². The molecule has 0 unspecified atom stereocenters. The van der Waals surface area contributed by atoms with Crippen LogP contribution >= 0.6 is 0 Å². The molecule has 0 bridgehead atoms. The number of rotatable bonds is 2. The fourth-order valence-corrected chi connectivity index (χ4v) is 1.02. The summed E-state index contributed by atoms with van der Waals surface area (Å²) >= 11 is 0. The maximum absolute atomic E-state index is 11.1. The molecule has 0 radical (unpaired) electrons. The van der Waals surface area contributed by atoms with Crippen molar-refractivity contribution in [2.75, 3.05) is 7.11 Å². The summed E-state index contributed by atoms with van der Waals surface area (Å²) in [6.07, 6.45) is 2.93. The van der Waals surface area contributed by atoms with Gasteiger partial charge in [0.1, 0.15) is 13.3 Å². The van der Waals surface area contributed by atoms with Gasteiger partial charge in [0.2, 0.25) is 5.69 Å². The number of carbonyl (C=O) groups is 1. The molecule has 1 rings (SSSR count). The van der Waals surface area contributed by atoms with E-state index in [0.717, 1.165) is 0 Å². The Morgan fingerprint density at radius 3 is 2.87 bits per heavy atom. The summed E-state index contributed by atoms with van der Waals surface area (Å²) in [4.78, 5) is 11.1. The zero-order valence-corrected chi connectivity index (χ0v) is 10.5. The second-order valence-electron chi connectivity index (χ2n) is 2.69. The molecule has 1 N–H and O–H groups in total. The van der Waals surface area contributed by atoms with Gasteiger partial charge in [-0.25, -0.2) is 9.36 Å². The molecule has 6 heteroatoms. The van der Waals surface area contributed by atoms with Gasteiger partial charge in [-0.05, 0) is 0 Å². The highest BCUT2D eigenvalue weighted by atomic mass is 127. The monoisotopic (exact) mass is 322 g/mol. The van der Waals surface area contributed by atoms with Crippen molar-refractivity contribution in [1.29, 1.82) is 0 Å². The summed E-state index contributed by atoms with van der Waals surface area (Å²) in [7, 11) is 3.09. The van der Waals surface area contributed by atoms with E-state index in [2.05, 4.69) is 9.89 Å². The number of aryl methyl sites for hydroxylation is 1. The molecule has 0 aromatic carbocycles. The highest BCUT2D eigenvalue weighted by Gasteiger charge is 2.11. The van der Waals surface area contributed by atoms with E-state index in [1.54, 1.807) is 29.9 Å². The van der Waals surface area contributed by atoms with Crippen molar-refractivity contribution >= 4 is 12.2 Å². The second-order valence-corrected chi connectivity index (χ2v) is 2.69. The first-order chi connectivity index (χ1) is 6.69. The molecule has 1 aromatic rings. The zero-order chi connectivity index (χ0) is 10.6. The lowest BCUT2D eigenvalue weighted by molar-refractivity contribution is -0.672. The van der Waals surface area contributed by atoms with Crippen molar-refractivity contribution in [3.05, 3.63) is 29.6 Å².